The molecule has 0 saturated heterocycles. The Morgan fingerprint density at radius 3 is 2.70 bits per heavy atom. The minimum atomic E-state index is -0.659. The van der Waals surface area contributed by atoms with Crippen LogP contribution in [0.2, 0.25) is 0 Å². The lowest BCUT2D eigenvalue weighted by molar-refractivity contribution is 0.0571. The summed E-state index contributed by atoms with van der Waals surface area (Å²) in [6.45, 7) is 6.02. The largest absolute Gasteiger partial charge is 0.389 e. The molecule has 1 heterocycles. The van der Waals surface area contributed by atoms with Crippen LogP contribution in [0.3, 0.4) is 0 Å². The molecule has 0 bridgehead atoms. The van der Waals surface area contributed by atoms with Crippen molar-refractivity contribution in [2.75, 3.05) is 5.75 Å². The number of aryl methyl sites for hydroxylation is 1. The van der Waals surface area contributed by atoms with Crippen LogP contribution < -0.4 is 0 Å². The molecular formula is C14H20N4OS. The summed E-state index contributed by atoms with van der Waals surface area (Å²) in [7, 11) is 0. The van der Waals surface area contributed by atoms with Gasteiger partial charge in [0.2, 0.25) is 5.16 Å². The maximum absolute atomic E-state index is 10.3. The van der Waals surface area contributed by atoms with E-state index in [1.165, 1.54) is 11.8 Å². The van der Waals surface area contributed by atoms with Gasteiger partial charge in [0.15, 0.2) is 0 Å². The third-order valence-corrected chi connectivity index (χ3v) is 4.67. The van der Waals surface area contributed by atoms with E-state index in [4.69, 9.17) is 0 Å². The molecule has 0 aliphatic heterocycles. The van der Waals surface area contributed by atoms with Crippen molar-refractivity contribution >= 4 is 11.8 Å². The fourth-order valence-electron chi connectivity index (χ4n) is 1.84. The zero-order valence-electron chi connectivity index (χ0n) is 12.1. The molecule has 6 heteroatoms. The first-order chi connectivity index (χ1) is 9.58. The van der Waals surface area contributed by atoms with Gasteiger partial charge in [-0.2, -0.15) is 4.68 Å². The lowest BCUT2D eigenvalue weighted by Gasteiger charge is -2.23. The van der Waals surface area contributed by atoms with E-state index >= 15 is 0 Å². The van der Waals surface area contributed by atoms with Gasteiger partial charge in [0.25, 0.3) is 0 Å². The van der Waals surface area contributed by atoms with E-state index in [1.54, 1.807) is 4.68 Å². The van der Waals surface area contributed by atoms with Crippen LogP contribution in [0, 0.1) is 6.92 Å². The highest BCUT2D eigenvalue weighted by atomic mass is 32.2. The monoisotopic (exact) mass is 292 g/mol. The average molecular weight is 292 g/mol. The number of thioether (sulfide) groups is 1. The molecule has 0 unspecified atom stereocenters. The molecule has 5 nitrogen and oxygen atoms in total. The highest BCUT2D eigenvalue weighted by molar-refractivity contribution is 7.99. The van der Waals surface area contributed by atoms with Crippen molar-refractivity contribution in [2.24, 2.45) is 0 Å². The summed E-state index contributed by atoms with van der Waals surface area (Å²) in [6.07, 6.45) is 1.45. The first kappa shape index (κ1) is 15.0. The normalized spacial score (nSPS) is 11.8. The van der Waals surface area contributed by atoms with Crippen LogP contribution in [0.5, 0.6) is 0 Å². The van der Waals surface area contributed by atoms with Crippen molar-refractivity contribution in [3.63, 3.8) is 0 Å². The Kier molecular flexibility index (Phi) is 4.77. The summed E-state index contributed by atoms with van der Waals surface area (Å²) in [5.74, 6) is 0.589. The predicted molar refractivity (Wildman–Crippen MR) is 80.1 cm³/mol. The van der Waals surface area contributed by atoms with E-state index in [0.29, 0.717) is 10.9 Å². The van der Waals surface area contributed by atoms with Crippen molar-refractivity contribution in [3.8, 4) is 5.69 Å². The Bertz CT molecular complexity index is 566. The minimum absolute atomic E-state index is 0.589. The van der Waals surface area contributed by atoms with Gasteiger partial charge in [0.05, 0.1) is 11.3 Å². The van der Waals surface area contributed by atoms with Crippen molar-refractivity contribution in [1.29, 1.82) is 0 Å². The number of hydrogen-bond donors (Lipinski definition) is 1. The molecule has 1 aromatic carbocycles. The molecule has 0 amide bonds. The lowest BCUT2D eigenvalue weighted by atomic mass is 10.0. The van der Waals surface area contributed by atoms with Crippen molar-refractivity contribution < 1.29 is 5.11 Å². The van der Waals surface area contributed by atoms with Crippen molar-refractivity contribution in [2.45, 2.75) is 44.4 Å². The third-order valence-electron chi connectivity index (χ3n) is 3.47. The number of hydrogen-bond acceptors (Lipinski definition) is 5. The van der Waals surface area contributed by atoms with Crippen LogP contribution in [0.15, 0.2) is 29.4 Å². The summed E-state index contributed by atoms with van der Waals surface area (Å²) in [4.78, 5) is 0. The van der Waals surface area contributed by atoms with Crippen LogP contribution >= 0.6 is 11.8 Å². The number of aliphatic hydroxyl groups is 1. The van der Waals surface area contributed by atoms with E-state index in [9.17, 15) is 5.11 Å². The Hall–Kier alpha value is -1.40. The third kappa shape index (κ3) is 3.37. The average Bonchev–Trinajstić information content (AvgIpc) is 2.93. The number of benzene rings is 1. The Morgan fingerprint density at radius 1 is 1.30 bits per heavy atom. The molecule has 0 aliphatic carbocycles. The topological polar surface area (TPSA) is 63.8 Å². The van der Waals surface area contributed by atoms with Crippen LogP contribution in [0.1, 0.15) is 32.3 Å². The van der Waals surface area contributed by atoms with E-state index < -0.39 is 5.60 Å². The molecule has 1 N–H and O–H groups in total. The summed E-state index contributed by atoms with van der Waals surface area (Å²) >= 11 is 1.49. The zero-order chi connectivity index (χ0) is 14.6. The number of aromatic nitrogens is 4. The van der Waals surface area contributed by atoms with Gasteiger partial charge >= 0.3 is 0 Å². The summed E-state index contributed by atoms with van der Waals surface area (Å²) in [5, 5.41) is 22.9. The van der Waals surface area contributed by atoms with Gasteiger partial charge in [0, 0.05) is 5.75 Å². The highest BCUT2D eigenvalue weighted by Crippen LogP contribution is 2.26. The molecule has 0 atom stereocenters. The Morgan fingerprint density at radius 2 is 2.05 bits per heavy atom. The minimum Gasteiger partial charge on any atom is -0.389 e. The van der Waals surface area contributed by atoms with Crippen molar-refractivity contribution in [3.05, 3.63) is 29.8 Å². The van der Waals surface area contributed by atoms with Crippen LogP contribution in [-0.4, -0.2) is 36.7 Å². The maximum Gasteiger partial charge on any atom is 0.214 e. The van der Waals surface area contributed by atoms with Crippen LogP contribution in [0.4, 0.5) is 0 Å². The van der Waals surface area contributed by atoms with Gasteiger partial charge in [-0.05, 0) is 47.9 Å². The van der Waals surface area contributed by atoms with Crippen LogP contribution in [0.25, 0.3) is 5.69 Å². The van der Waals surface area contributed by atoms with E-state index in [1.807, 2.05) is 45.0 Å². The first-order valence-corrected chi connectivity index (χ1v) is 7.77. The molecule has 0 radical (unpaired) electrons. The fraction of sp³-hybridized carbons (Fsp3) is 0.500. The molecule has 2 aromatic rings. The molecule has 1 aromatic heterocycles. The van der Waals surface area contributed by atoms with Crippen molar-refractivity contribution in [1.82, 2.24) is 20.2 Å². The number of nitrogens with zero attached hydrogens (tertiary/aromatic N) is 4. The van der Waals surface area contributed by atoms with Gasteiger partial charge in [-0.1, -0.05) is 37.7 Å². The molecule has 0 fully saturated rings. The van der Waals surface area contributed by atoms with Gasteiger partial charge in [-0.3, -0.25) is 0 Å². The number of tetrazole rings is 1. The Balaban J connectivity index is 2.17. The quantitative estimate of drug-likeness (QED) is 0.829. The summed E-state index contributed by atoms with van der Waals surface area (Å²) in [5.41, 5.74) is 1.44. The molecule has 108 valence electrons. The van der Waals surface area contributed by atoms with Gasteiger partial charge in [-0.25, -0.2) is 0 Å². The summed E-state index contributed by atoms with van der Waals surface area (Å²) in [6, 6.07) is 8.02. The number of rotatable bonds is 6. The van der Waals surface area contributed by atoms with E-state index in [0.717, 1.165) is 24.1 Å². The maximum atomic E-state index is 10.3. The van der Waals surface area contributed by atoms with E-state index in [-0.39, 0.29) is 0 Å². The second-order valence-electron chi connectivity index (χ2n) is 4.93. The molecule has 20 heavy (non-hydrogen) atoms. The van der Waals surface area contributed by atoms with Crippen LogP contribution in [-0.2, 0) is 0 Å². The molecule has 2 rings (SSSR count). The molecular weight excluding hydrogens is 272 g/mol. The molecule has 0 saturated carbocycles. The van der Waals surface area contributed by atoms with Gasteiger partial charge in [-0.15, -0.1) is 5.10 Å². The first-order valence-electron chi connectivity index (χ1n) is 6.78. The van der Waals surface area contributed by atoms with E-state index in [2.05, 4.69) is 15.5 Å². The predicted octanol–water partition coefficient (Wildman–Crippen LogP) is 2.61. The second kappa shape index (κ2) is 6.37. The van der Waals surface area contributed by atoms with Gasteiger partial charge < -0.3 is 5.11 Å². The standard InChI is InChI=1S/C14H20N4OS/c1-4-14(19,5-2)10-20-13-15-16-17-18(13)12-8-6-7-11(3)9-12/h6-9,19H,4-5,10H2,1-3H3. The summed E-state index contributed by atoms with van der Waals surface area (Å²) < 4.78 is 1.71. The molecule has 0 aliphatic rings. The SMILES string of the molecule is CCC(O)(CC)CSc1nnnn1-c1cccc(C)c1. The smallest absolute Gasteiger partial charge is 0.214 e. The zero-order valence-corrected chi connectivity index (χ0v) is 12.9. The Labute approximate surface area is 123 Å². The fourth-order valence-corrected chi connectivity index (χ4v) is 3.01. The highest BCUT2D eigenvalue weighted by Gasteiger charge is 2.24. The lowest BCUT2D eigenvalue weighted by Crippen LogP contribution is -2.29. The second-order valence-corrected chi connectivity index (χ2v) is 5.87. The molecule has 0 spiro atoms. The van der Waals surface area contributed by atoms with Gasteiger partial charge in [0.1, 0.15) is 0 Å².